The summed E-state index contributed by atoms with van der Waals surface area (Å²) in [5.41, 5.74) is 2.22. The highest BCUT2D eigenvalue weighted by molar-refractivity contribution is 6.29. The molecule has 23 heavy (non-hydrogen) atoms. The van der Waals surface area contributed by atoms with Gasteiger partial charge in [0.05, 0.1) is 18.9 Å². The maximum Gasteiger partial charge on any atom is 0.149 e. The number of rotatable bonds is 6. The summed E-state index contributed by atoms with van der Waals surface area (Å²) >= 11 is 5.80. The summed E-state index contributed by atoms with van der Waals surface area (Å²) in [5, 5.41) is 3.50. The van der Waals surface area contributed by atoms with Gasteiger partial charge in [-0.3, -0.25) is 4.98 Å². The van der Waals surface area contributed by atoms with E-state index < -0.39 is 0 Å². The summed E-state index contributed by atoms with van der Waals surface area (Å²) in [6.45, 7) is 1.12. The van der Waals surface area contributed by atoms with E-state index in [1.807, 2.05) is 36.4 Å². The van der Waals surface area contributed by atoms with Crippen LogP contribution in [0.25, 0.3) is 11.1 Å². The number of para-hydroxylation sites is 1. The number of aromatic nitrogens is 2. The Morgan fingerprint density at radius 1 is 0.957 bits per heavy atom. The van der Waals surface area contributed by atoms with Crippen LogP contribution in [-0.2, 0) is 0 Å². The van der Waals surface area contributed by atoms with Crippen molar-refractivity contribution in [2.24, 2.45) is 0 Å². The molecule has 0 aliphatic heterocycles. The third-order valence-corrected chi connectivity index (χ3v) is 3.42. The lowest BCUT2D eigenvalue weighted by atomic mass is 10.1. The molecule has 0 amide bonds. The molecule has 0 fully saturated rings. The molecule has 0 saturated carbocycles. The third-order valence-electron chi connectivity index (χ3n) is 3.24. The molecule has 0 saturated heterocycles. The highest BCUT2D eigenvalue weighted by Crippen LogP contribution is 2.29. The molecule has 1 N–H and O–H groups in total. The highest BCUT2D eigenvalue weighted by Gasteiger charge is 2.05. The second kappa shape index (κ2) is 7.61. The van der Waals surface area contributed by atoms with E-state index in [-0.39, 0.29) is 0 Å². The minimum absolute atomic E-state index is 0.366. The number of hydrogen-bond acceptors (Lipinski definition) is 4. The van der Waals surface area contributed by atoms with Crippen molar-refractivity contribution in [3.63, 3.8) is 0 Å². The Balaban J connectivity index is 1.61. The molecule has 3 rings (SSSR count). The Bertz CT molecular complexity index is 765. The Morgan fingerprint density at radius 2 is 1.74 bits per heavy atom. The summed E-state index contributed by atoms with van der Waals surface area (Å²) in [7, 11) is 0. The van der Waals surface area contributed by atoms with Crippen molar-refractivity contribution in [1.29, 1.82) is 0 Å². The minimum atomic E-state index is 0.366. The zero-order valence-electron chi connectivity index (χ0n) is 12.4. The molecule has 0 atom stereocenters. The van der Waals surface area contributed by atoms with Gasteiger partial charge in [0, 0.05) is 5.56 Å². The molecule has 0 spiro atoms. The Labute approximate surface area is 140 Å². The second-order valence-electron chi connectivity index (χ2n) is 4.86. The fourth-order valence-electron chi connectivity index (χ4n) is 2.22. The predicted molar refractivity (Wildman–Crippen MR) is 92.9 cm³/mol. The van der Waals surface area contributed by atoms with Gasteiger partial charge in [0.25, 0.3) is 0 Å². The van der Waals surface area contributed by atoms with Gasteiger partial charge in [0.1, 0.15) is 23.3 Å². The first-order valence-corrected chi connectivity index (χ1v) is 7.69. The molecule has 3 aromatic rings. The van der Waals surface area contributed by atoms with Gasteiger partial charge in [-0.2, -0.15) is 0 Å². The number of hydrogen-bond donors (Lipinski definition) is 1. The van der Waals surface area contributed by atoms with Crippen LogP contribution in [0.15, 0.2) is 67.0 Å². The van der Waals surface area contributed by atoms with E-state index in [1.54, 1.807) is 6.20 Å². The molecule has 1 aromatic heterocycles. The summed E-state index contributed by atoms with van der Waals surface area (Å²) in [6.07, 6.45) is 3.13. The summed E-state index contributed by atoms with van der Waals surface area (Å²) in [4.78, 5) is 8.10. The molecular weight excluding hydrogens is 310 g/mol. The van der Waals surface area contributed by atoms with Crippen molar-refractivity contribution >= 4 is 17.4 Å². The van der Waals surface area contributed by atoms with Crippen LogP contribution >= 0.6 is 11.6 Å². The first-order valence-electron chi connectivity index (χ1n) is 7.31. The summed E-state index contributed by atoms with van der Waals surface area (Å²) in [6, 6.07) is 18.2. The van der Waals surface area contributed by atoms with Gasteiger partial charge in [-0.05, 0) is 11.6 Å². The van der Waals surface area contributed by atoms with E-state index in [4.69, 9.17) is 16.3 Å². The first kappa shape index (κ1) is 15.3. The summed E-state index contributed by atoms with van der Waals surface area (Å²) < 4.78 is 5.90. The highest BCUT2D eigenvalue weighted by atomic mass is 35.5. The van der Waals surface area contributed by atoms with Crippen LogP contribution in [0.1, 0.15) is 0 Å². The largest absolute Gasteiger partial charge is 0.491 e. The Hall–Kier alpha value is -2.59. The quantitative estimate of drug-likeness (QED) is 0.687. The third kappa shape index (κ3) is 4.20. The minimum Gasteiger partial charge on any atom is -0.491 e. The fourth-order valence-corrected chi connectivity index (χ4v) is 2.36. The normalized spacial score (nSPS) is 10.3. The second-order valence-corrected chi connectivity index (χ2v) is 5.25. The lowest BCUT2D eigenvalue weighted by molar-refractivity contribution is 0.334. The van der Waals surface area contributed by atoms with Crippen molar-refractivity contribution in [2.45, 2.75) is 0 Å². The van der Waals surface area contributed by atoms with Gasteiger partial charge in [0.2, 0.25) is 0 Å². The first-order chi connectivity index (χ1) is 11.3. The molecule has 116 valence electrons. The van der Waals surface area contributed by atoms with Crippen molar-refractivity contribution in [3.8, 4) is 16.9 Å². The topological polar surface area (TPSA) is 47.0 Å². The van der Waals surface area contributed by atoms with Crippen LogP contribution in [-0.4, -0.2) is 23.1 Å². The van der Waals surface area contributed by atoms with Crippen molar-refractivity contribution in [3.05, 3.63) is 72.1 Å². The van der Waals surface area contributed by atoms with Gasteiger partial charge in [-0.25, -0.2) is 4.98 Å². The van der Waals surface area contributed by atoms with Crippen LogP contribution in [0.2, 0.25) is 5.15 Å². The van der Waals surface area contributed by atoms with Crippen LogP contribution in [0, 0.1) is 0 Å². The maximum absolute atomic E-state index is 5.90. The molecule has 4 nitrogen and oxygen atoms in total. The Kier molecular flexibility index (Phi) is 5.06. The molecule has 1 heterocycles. The van der Waals surface area contributed by atoms with Crippen LogP contribution in [0.3, 0.4) is 0 Å². The number of ether oxygens (including phenoxy) is 1. The van der Waals surface area contributed by atoms with Crippen LogP contribution in [0.4, 0.5) is 5.82 Å². The molecule has 2 aromatic carbocycles. The SMILES string of the molecule is Clc1cncc(NCCOc2ccccc2-c2ccccc2)n1. The number of nitrogens with one attached hydrogen (secondary N) is 1. The number of anilines is 1. The number of nitrogens with zero attached hydrogens (tertiary/aromatic N) is 2. The molecule has 0 unspecified atom stereocenters. The average Bonchev–Trinajstić information content (AvgIpc) is 2.60. The van der Waals surface area contributed by atoms with Gasteiger partial charge >= 0.3 is 0 Å². The molecule has 0 aliphatic rings. The molecule has 5 heteroatoms. The number of benzene rings is 2. The smallest absolute Gasteiger partial charge is 0.149 e. The van der Waals surface area contributed by atoms with E-state index in [0.717, 1.165) is 16.9 Å². The molecule has 0 radical (unpaired) electrons. The van der Waals surface area contributed by atoms with Crippen molar-refractivity contribution < 1.29 is 4.74 Å². The van der Waals surface area contributed by atoms with Crippen LogP contribution in [0.5, 0.6) is 5.75 Å². The van der Waals surface area contributed by atoms with E-state index in [0.29, 0.717) is 24.1 Å². The molecule has 0 aliphatic carbocycles. The van der Waals surface area contributed by atoms with Gasteiger partial charge in [0.15, 0.2) is 0 Å². The molecule has 0 bridgehead atoms. The standard InChI is InChI=1S/C18H16ClN3O/c19-17-12-20-13-18(22-17)21-10-11-23-16-9-5-4-8-15(16)14-6-2-1-3-7-14/h1-9,12-13H,10-11H2,(H,21,22). The van der Waals surface area contributed by atoms with E-state index >= 15 is 0 Å². The van der Waals surface area contributed by atoms with E-state index in [2.05, 4.69) is 33.5 Å². The van der Waals surface area contributed by atoms with E-state index in [9.17, 15) is 0 Å². The zero-order valence-corrected chi connectivity index (χ0v) is 13.2. The Morgan fingerprint density at radius 3 is 2.57 bits per heavy atom. The van der Waals surface area contributed by atoms with Crippen LogP contribution < -0.4 is 10.1 Å². The number of halogens is 1. The predicted octanol–water partition coefficient (Wildman–Crippen LogP) is 4.29. The van der Waals surface area contributed by atoms with E-state index in [1.165, 1.54) is 6.20 Å². The summed E-state index contributed by atoms with van der Waals surface area (Å²) in [5.74, 6) is 1.50. The fraction of sp³-hybridized carbons (Fsp3) is 0.111. The lowest BCUT2D eigenvalue weighted by Gasteiger charge is -2.12. The van der Waals surface area contributed by atoms with Gasteiger partial charge in [-0.1, -0.05) is 60.1 Å². The monoisotopic (exact) mass is 325 g/mol. The van der Waals surface area contributed by atoms with Crippen molar-refractivity contribution in [1.82, 2.24) is 9.97 Å². The molecular formula is C18H16ClN3O. The lowest BCUT2D eigenvalue weighted by Crippen LogP contribution is -2.12. The van der Waals surface area contributed by atoms with Crippen molar-refractivity contribution in [2.75, 3.05) is 18.5 Å². The maximum atomic E-state index is 5.90. The van der Waals surface area contributed by atoms with Gasteiger partial charge < -0.3 is 10.1 Å². The average molecular weight is 326 g/mol. The zero-order chi connectivity index (χ0) is 15.9. The van der Waals surface area contributed by atoms with Gasteiger partial charge in [-0.15, -0.1) is 0 Å².